The number of rotatable bonds is 6. The van der Waals surface area contributed by atoms with Crippen molar-refractivity contribution < 1.29 is 4.79 Å². The number of nitrogens with one attached hydrogen (secondary N) is 1. The summed E-state index contributed by atoms with van der Waals surface area (Å²) in [6, 6.07) is 0. The highest BCUT2D eigenvalue weighted by molar-refractivity contribution is 7.99. The average Bonchev–Trinajstić information content (AvgIpc) is 2.03. The normalized spacial score (nSPS) is 15.8. The molecule has 4 heteroatoms. The summed E-state index contributed by atoms with van der Waals surface area (Å²) >= 11 is 1.84. The molecular weight excluding hydrogens is 184 g/mol. The van der Waals surface area contributed by atoms with Gasteiger partial charge in [0.1, 0.15) is 0 Å². The molecule has 1 unspecified atom stereocenters. The molecule has 0 saturated carbocycles. The molecule has 0 aromatic carbocycles. The fourth-order valence-electron chi connectivity index (χ4n) is 0.870. The van der Waals surface area contributed by atoms with Gasteiger partial charge < -0.3 is 11.1 Å². The monoisotopic (exact) mass is 204 g/mol. The second kappa shape index (κ2) is 5.50. The smallest absolute Gasteiger partial charge is 0.237 e. The van der Waals surface area contributed by atoms with Crippen molar-refractivity contribution in [3.8, 4) is 0 Å². The third kappa shape index (κ3) is 4.52. The molecule has 0 bridgehead atoms. The van der Waals surface area contributed by atoms with Gasteiger partial charge in [-0.15, -0.1) is 0 Å². The molecule has 0 aliphatic carbocycles. The number of carbonyl (C=O) groups excluding carboxylic acids is 1. The molecule has 13 heavy (non-hydrogen) atoms. The van der Waals surface area contributed by atoms with Crippen molar-refractivity contribution >= 4 is 17.7 Å². The first kappa shape index (κ1) is 12.8. The van der Waals surface area contributed by atoms with Crippen LogP contribution in [0.4, 0.5) is 0 Å². The van der Waals surface area contributed by atoms with E-state index in [2.05, 4.69) is 19.2 Å². The van der Waals surface area contributed by atoms with Crippen molar-refractivity contribution in [3.05, 3.63) is 0 Å². The van der Waals surface area contributed by atoms with Gasteiger partial charge in [0.25, 0.3) is 0 Å². The van der Waals surface area contributed by atoms with Gasteiger partial charge in [-0.05, 0) is 31.4 Å². The summed E-state index contributed by atoms with van der Waals surface area (Å²) in [6.07, 6.45) is 0.779. The molecule has 0 heterocycles. The van der Waals surface area contributed by atoms with E-state index in [0.29, 0.717) is 5.25 Å². The minimum atomic E-state index is -0.554. The zero-order valence-corrected chi connectivity index (χ0v) is 9.70. The Kier molecular flexibility index (Phi) is 5.40. The van der Waals surface area contributed by atoms with Crippen LogP contribution in [0.15, 0.2) is 0 Å². The summed E-state index contributed by atoms with van der Waals surface area (Å²) < 4.78 is 0. The number of hydrogen-bond acceptors (Lipinski definition) is 3. The predicted molar refractivity (Wildman–Crippen MR) is 58.9 cm³/mol. The molecule has 0 rings (SSSR count). The fourth-order valence-corrected chi connectivity index (χ4v) is 1.87. The van der Waals surface area contributed by atoms with Gasteiger partial charge in [-0.25, -0.2) is 0 Å². The van der Waals surface area contributed by atoms with Crippen LogP contribution in [0.25, 0.3) is 0 Å². The Bertz CT molecular complexity index is 173. The van der Waals surface area contributed by atoms with Crippen LogP contribution in [-0.4, -0.2) is 29.5 Å². The van der Waals surface area contributed by atoms with Crippen LogP contribution >= 0.6 is 11.8 Å². The van der Waals surface area contributed by atoms with Crippen molar-refractivity contribution in [2.75, 3.05) is 12.8 Å². The summed E-state index contributed by atoms with van der Waals surface area (Å²) in [4.78, 5) is 11.1. The molecule has 0 aliphatic rings. The van der Waals surface area contributed by atoms with Crippen LogP contribution in [0.1, 0.15) is 27.2 Å². The van der Waals surface area contributed by atoms with Crippen LogP contribution in [-0.2, 0) is 4.79 Å². The van der Waals surface area contributed by atoms with E-state index in [0.717, 1.165) is 12.2 Å². The highest BCUT2D eigenvalue weighted by Crippen LogP contribution is 2.16. The second-order valence-corrected chi connectivity index (χ2v) is 5.30. The number of thioether (sulfide) groups is 1. The lowest BCUT2D eigenvalue weighted by Crippen LogP contribution is -2.51. The van der Waals surface area contributed by atoms with E-state index in [4.69, 9.17) is 5.73 Å². The van der Waals surface area contributed by atoms with Crippen molar-refractivity contribution in [1.29, 1.82) is 0 Å². The van der Waals surface area contributed by atoms with Crippen LogP contribution in [0.5, 0.6) is 0 Å². The van der Waals surface area contributed by atoms with Crippen LogP contribution in [0, 0.1) is 0 Å². The van der Waals surface area contributed by atoms with Gasteiger partial charge in [0, 0.05) is 0 Å². The summed E-state index contributed by atoms with van der Waals surface area (Å²) in [7, 11) is 1.77. The summed E-state index contributed by atoms with van der Waals surface area (Å²) in [6.45, 7) is 6.13. The van der Waals surface area contributed by atoms with Gasteiger partial charge in [-0.3, -0.25) is 4.79 Å². The van der Waals surface area contributed by atoms with Gasteiger partial charge >= 0.3 is 0 Å². The van der Waals surface area contributed by atoms with Crippen molar-refractivity contribution in [3.63, 3.8) is 0 Å². The van der Waals surface area contributed by atoms with Gasteiger partial charge in [-0.1, -0.05) is 13.8 Å². The molecule has 78 valence electrons. The Balaban J connectivity index is 3.92. The Hall–Kier alpha value is -0.220. The third-order valence-electron chi connectivity index (χ3n) is 2.15. The Morgan fingerprint density at radius 3 is 2.46 bits per heavy atom. The molecule has 3 nitrogen and oxygen atoms in total. The zero-order chi connectivity index (χ0) is 10.5. The number of amides is 1. The van der Waals surface area contributed by atoms with Gasteiger partial charge in [0.05, 0.1) is 5.54 Å². The standard InChI is InChI=1S/C9H20N2OS/c1-7(2)13-6-5-9(3,11-4)8(10)12/h7,11H,5-6H2,1-4H3,(H2,10,12). The maximum Gasteiger partial charge on any atom is 0.237 e. The lowest BCUT2D eigenvalue weighted by molar-refractivity contribution is -0.123. The maximum absolute atomic E-state index is 11.1. The van der Waals surface area contributed by atoms with Gasteiger partial charge in [-0.2, -0.15) is 11.8 Å². The topological polar surface area (TPSA) is 55.1 Å². The summed E-state index contributed by atoms with van der Waals surface area (Å²) in [5.41, 5.74) is 4.73. The number of hydrogen-bond donors (Lipinski definition) is 2. The van der Waals surface area contributed by atoms with Crippen LogP contribution in [0.2, 0.25) is 0 Å². The minimum absolute atomic E-state index is 0.278. The minimum Gasteiger partial charge on any atom is -0.368 e. The van der Waals surface area contributed by atoms with E-state index in [1.165, 1.54) is 0 Å². The number of nitrogens with two attached hydrogens (primary N) is 1. The molecular formula is C9H20N2OS. The van der Waals surface area contributed by atoms with Crippen LogP contribution in [0.3, 0.4) is 0 Å². The van der Waals surface area contributed by atoms with E-state index in [1.54, 1.807) is 7.05 Å². The molecule has 0 aromatic rings. The number of carbonyl (C=O) groups is 1. The zero-order valence-electron chi connectivity index (χ0n) is 8.89. The molecule has 0 aromatic heterocycles. The van der Waals surface area contributed by atoms with E-state index in [-0.39, 0.29) is 5.91 Å². The molecule has 0 aliphatic heterocycles. The molecule has 0 saturated heterocycles. The molecule has 1 amide bonds. The van der Waals surface area contributed by atoms with Crippen LogP contribution < -0.4 is 11.1 Å². The fraction of sp³-hybridized carbons (Fsp3) is 0.889. The van der Waals surface area contributed by atoms with Crippen molar-refractivity contribution in [2.45, 2.75) is 38.0 Å². The van der Waals surface area contributed by atoms with E-state index >= 15 is 0 Å². The Labute approximate surface area is 84.8 Å². The van der Waals surface area contributed by atoms with E-state index in [9.17, 15) is 4.79 Å². The second-order valence-electron chi connectivity index (χ2n) is 3.62. The number of primary amides is 1. The SMILES string of the molecule is CNC(C)(CCSC(C)C)C(N)=O. The lowest BCUT2D eigenvalue weighted by Gasteiger charge is -2.25. The first-order chi connectivity index (χ1) is 5.92. The molecule has 3 N–H and O–H groups in total. The molecule has 0 radical (unpaired) electrons. The molecule has 0 spiro atoms. The highest BCUT2D eigenvalue weighted by atomic mass is 32.2. The first-order valence-electron chi connectivity index (χ1n) is 4.53. The van der Waals surface area contributed by atoms with Crippen molar-refractivity contribution in [2.24, 2.45) is 5.73 Å². The molecule has 1 atom stereocenters. The lowest BCUT2D eigenvalue weighted by atomic mass is 9.99. The summed E-state index contributed by atoms with van der Waals surface area (Å²) in [5, 5.41) is 3.57. The summed E-state index contributed by atoms with van der Waals surface area (Å²) in [5.74, 6) is 0.678. The quantitative estimate of drug-likeness (QED) is 0.678. The van der Waals surface area contributed by atoms with Gasteiger partial charge in [0.2, 0.25) is 5.91 Å². The first-order valence-corrected chi connectivity index (χ1v) is 5.57. The largest absolute Gasteiger partial charge is 0.368 e. The molecule has 0 fully saturated rings. The maximum atomic E-state index is 11.1. The van der Waals surface area contributed by atoms with Gasteiger partial charge in [0.15, 0.2) is 0 Å². The average molecular weight is 204 g/mol. The van der Waals surface area contributed by atoms with E-state index in [1.807, 2.05) is 18.7 Å². The predicted octanol–water partition coefficient (Wildman–Crippen LogP) is 0.981. The van der Waals surface area contributed by atoms with E-state index < -0.39 is 5.54 Å². The van der Waals surface area contributed by atoms with Crippen molar-refractivity contribution in [1.82, 2.24) is 5.32 Å². The Morgan fingerprint density at radius 1 is 1.62 bits per heavy atom. The third-order valence-corrected chi connectivity index (χ3v) is 3.26. The highest BCUT2D eigenvalue weighted by Gasteiger charge is 2.28. The Morgan fingerprint density at radius 2 is 2.15 bits per heavy atom. The number of likely N-dealkylation sites (N-methyl/N-ethyl adjacent to an activating group) is 1.